The number of aromatic hydroxyl groups is 1. The van der Waals surface area contributed by atoms with E-state index in [2.05, 4.69) is 0 Å². The minimum atomic E-state index is -0.705. The number of hydrogen-bond acceptors (Lipinski definition) is 2. The summed E-state index contributed by atoms with van der Waals surface area (Å²) in [7, 11) is 0. The quantitative estimate of drug-likeness (QED) is 0.880. The van der Waals surface area contributed by atoms with E-state index in [4.69, 9.17) is 17.3 Å². The summed E-state index contributed by atoms with van der Waals surface area (Å²) in [6.07, 6.45) is 3.14. The van der Waals surface area contributed by atoms with Crippen molar-refractivity contribution in [1.29, 1.82) is 0 Å². The van der Waals surface area contributed by atoms with Crippen molar-refractivity contribution < 1.29 is 9.50 Å². The lowest BCUT2D eigenvalue weighted by molar-refractivity contribution is 0.417. The molecule has 1 fully saturated rings. The van der Waals surface area contributed by atoms with Gasteiger partial charge < -0.3 is 10.8 Å². The molecule has 3 N–H and O–H groups in total. The van der Waals surface area contributed by atoms with Crippen molar-refractivity contribution in [2.24, 2.45) is 11.7 Å². The number of halogens is 3. The van der Waals surface area contributed by atoms with Crippen LogP contribution in [0, 0.1) is 11.7 Å². The maximum atomic E-state index is 13.2. The van der Waals surface area contributed by atoms with Crippen LogP contribution in [-0.2, 0) is 0 Å². The Morgan fingerprint density at radius 2 is 2.12 bits per heavy atom. The zero-order valence-corrected chi connectivity index (χ0v) is 10.2. The molecule has 2 rings (SSSR count). The highest BCUT2D eigenvalue weighted by Gasteiger charge is 2.26. The van der Waals surface area contributed by atoms with E-state index in [1.54, 1.807) is 0 Å². The molecule has 1 aromatic carbocycles. The number of phenols is 1. The van der Waals surface area contributed by atoms with Crippen LogP contribution in [0.4, 0.5) is 4.39 Å². The normalized spacial score (nSPS) is 16.7. The van der Waals surface area contributed by atoms with Crippen LogP contribution >= 0.6 is 24.0 Å². The van der Waals surface area contributed by atoms with Gasteiger partial charge in [0.1, 0.15) is 0 Å². The molecular weight excluding hydrogens is 252 g/mol. The lowest BCUT2D eigenvalue weighted by Crippen LogP contribution is -2.11. The van der Waals surface area contributed by atoms with E-state index in [-0.39, 0.29) is 29.2 Å². The number of hydrogen-bond donors (Lipinski definition) is 2. The van der Waals surface area contributed by atoms with Crippen molar-refractivity contribution in [2.45, 2.75) is 25.3 Å². The molecule has 0 amide bonds. The van der Waals surface area contributed by atoms with Crippen LogP contribution in [0.3, 0.4) is 0 Å². The fourth-order valence-electron chi connectivity index (χ4n) is 1.71. The molecule has 0 bridgehead atoms. The van der Waals surface area contributed by atoms with Gasteiger partial charge in [-0.2, -0.15) is 0 Å². The second kappa shape index (κ2) is 5.21. The Morgan fingerprint density at radius 3 is 2.69 bits per heavy atom. The maximum Gasteiger partial charge on any atom is 0.166 e. The van der Waals surface area contributed by atoms with Crippen LogP contribution in [0.1, 0.15) is 30.9 Å². The van der Waals surface area contributed by atoms with Crippen molar-refractivity contribution in [2.75, 3.05) is 0 Å². The Balaban J connectivity index is 0.00000128. The molecule has 0 aromatic heterocycles. The van der Waals surface area contributed by atoms with Crippen molar-refractivity contribution in [3.63, 3.8) is 0 Å². The van der Waals surface area contributed by atoms with Gasteiger partial charge in [0, 0.05) is 16.6 Å². The predicted octanol–water partition coefficient (Wildman–Crippen LogP) is 3.41. The zero-order valence-electron chi connectivity index (χ0n) is 8.62. The minimum Gasteiger partial charge on any atom is -0.505 e. The number of rotatable bonds is 3. The van der Waals surface area contributed by atoms with E-state index in [9.17, 15) is 9.50 Å². The first-order chi connectivity index (χ1) is 7.08. The van der Waals surface area contributed by atoms with E-state index < -0.39 is 5.82 Å². The highest BCUT2D eigenvalue weighted by Crippen LogP contribution is 2.39. The van der Waals surface area contributed by atoms with Gasteiger partial charge in [0.15, 0.2) is 11.6 Å². The lowest BCUT2D eigenvalue weighted by Gasteiger charge is -2.13. The molecule has 0 aliphatic heterocycles. The molecule has 5 heteroatoms. The Kier molecular flexibility index (Phi) is 4.42. The van der Waals surface area contributed by atoms with E-state index in [1.165, 1.54) is 18.9 Å². The van der Waals surface area contributed by atoms with E-state index in [0.29, 0.717) is 11.5 Å². The first-order valence-corrected chi connectivity index (χ1v) is 5.39. The van der Waals surface area contributed by atoms with Crippen molar-refractivity contribution in [3.8, 4) is 5.75 Å². The number of phenolic OH excluding ortho intramolecular Hbond substituents is 1. The molecule has 0 unspecified atom stereocenters. The summed E-state index contributed by atoms with van der Waals surface area (Å²) in [5.41, 5.74) is 6.30. The molecule has 1 aliphatic carbocycles. The van der Waals surface area contributed by atoms with Gasteiger partial charge in [-0.3, -0.25) is 0 Å². The molecule has 0 spiro atoms. The highest BCUT2D eigenvalue weighted by molar-refractivity contribution is 6.30. The molecule has 0 saturated heterocycles. The summed E-state index contributed by atoms with van der Waals surface area (Å²) >= 11 is 5.71. The molecule has 1 aromatic rings. The first-order valence-electron chi connectivity index (χ1n) is 5.01. The van der Waals surface area contributed by atoms with Gasteiger partial charge in [-0.25, -0.2) is 4.39 Å². The van der Waals surface area contributed by atoms with E-state index in [0.717, 1.165) is 12.5 Å². The third-order valence-electron chi connectivity index (χ3n) is 2.74. The third kappa shape index (κ3) is 3.00. The minimum absolute atomic E-state index is 0. The second-order valence-corrected chi connectivity index (χ2v) is 4.55. The fourth-order valence-corrected chi connectivity index (χ4v) is 1.92. The molecule has 1 aliphatic rings. The standard InChI is InChI=1S/C11H13ClFNO.ClH/c12-7-4-8(11(15)9(13)5-7)10(14)3-6-1-2-6;/h4-6,10,15H,1-3,14H2;1H/t10-;/m0./s1. The second-order valence-electron chi connectivity index (χ2n) is 4.11. The summed E-state index contributed by atoms with van der Waals surface area (Å²) in [5.74, 6) is -0.447. The van der Waals surface area contributed by atoms with Crippen LogP contribution in [0.25, 0.3) is 0 Å². The Labute approximate surface area is 105 Å². The fraction of sp³-hybridized carbons (Fsp3) is 0.455. The van der Waals surface area contributed by atoms with Crippen molar-refractivity contribution in [1.82, 2.24) is 0 Å². The topological polar surface area (TPSA) is 46.2 Å². The highest BCUT2D eigenvalue weighted by atomic mass is 35.5. The van der Waals surface area contributed by atoms with E-state index >= 15 is 0 Å². The largest absolute Gasteiger partial charge is 0.505 e. The van der Waals surface area contributed by atoms with Gasteiger partial charge in [0.25, 0.3) is 0 Å². The monoisotopic (exact) mass is 265 g/mol. The van der Waals surface area contributed by atoms with Crippen molar-refractivity contribution in [3.05, 3.63) is 28.5 Å². The molecule has 1 saturated carbocycles. The van der Waals surface area contributed by atoms with Gasteiger partial charge in [-0.1, -0.05) is 24.4 Å². The van der Waals surface area contributed by atoms with Crippen LogP contribution in [0.2, 0.25) is 5.02 Å². The third-order valence-corrected chi connectivity index (χ3v) is 2.96. The average molecular weight is 266 g/mol. The predicted molar refractivity (Wildman–Crippen MR) is 64.6 cm³/mol. The summed E-state index contributed by atoms with van der Waals surface area (Å²) < 4.78 is 13.2. The molecule has 2 nitrogen and oxygen atoms in total. The SMILES string of the molecule is Cl.N[C@@H](CC1CC1)c1cc(Cl)cc(F)c1O. The van der Waals surface area contributed by atoms with Gasteiger partial charge in [0.05, 0.1) is 0 Å². The molecule has 90 valence electrons. The number of benzene rings is 1. The Hall–Kier alpha value is -0.510. The van der Waals surface area contributed by atoms with Crippen LogP contribution in [0.5, 0.6) is 5.75 Å². The van der Waals surface area contributed by atoms with Crippen LogP contribution in [-0.4, -0.2) is 5.11 Å². The summed E-state index contributed by atoms with van der Waals surface area (Å²) in [4.78, 5) is 0. The van der Waals surface area contributed by atoms with Crippen LogP contribution in [0.15, 0.2) is 12.1 Å². The smallest absolute Gasteiger partial charge is 0.166 e. The van der Waals surface area contributed by atoms with Gasteiger partial charge in [-0.05, 0) is 24.5 Å². The first kappa shape index (κ1) is 13.6. The number of nitrogens with two attached hydrogens (primary N) is 1. The Morgan fingerprint density at radius 1 is 1.50 bits per heavy atom. The lowest BCUT2D eigenvalue weighted by atomic mass is 10.0. The van der Waals surface area contributed by atoms with Gasteiger partial charge >= 0.3 is 0 Å². The van der Waals surface area contributed by atoms with Crippen LogP contribution < -0.4 is 5.73 Å². The summed E-state index contributed by atoms with van der Waals surface area (Å²) in [6.45, 7) is 0. The molecule has 0 heterocycles. The molecule has 16 heavy (non-hydrogen) atoms. The summed E-state index contributed by atoms with van der Waals surface area (Å²) in [5, 5.41) is 9.78. The molecule has 1 atom stereocenters. The van der Waals surface area contributed by atoms with Gasteiger partial charge in [0.2, 0.25) is 0 Å². The maximum absolute atomic E-state index is 13.2. The molecular formula is C11H14Cl2FNO. The summed E-state index contributed by atoms with van der Waals surface area (Å²) in [6, 6.07) is 2.29. The van der Waals surface area contributed by atoms with Gasteiger partial charge in [-0.15, -0.1) is 12.4 Å². The molecule has 0 radical (unpaired) electrons. The van der Waals surface area contributed by atoms with Crippen molar-refractivity contribution >= 4 is 24.0 Å². The average Bonchev–Trinajstić information content (AvgIpc) is 2.94. The van der Waals surface area contributed by atoms with E-state index in [1.807, 2.05) is 0 Å². The Bertz CT molecular complexity index is 382. The zero-order chi connectivity index (χ0) is 11.0.